The fraction of sp³-hybridized carbons (Fsp3) is 0.250. The Balaban J connectivity index is 2.71. The molecule has 0 bridgehead atoms. The molecule has 0 aromatic carbocycles. The molecule has 0 fully saturated rings. The summed E-state index contributed by atoms with van der Waals surface area (Å²) in [7, 11) is 0. The van der Waals surface area contributed by atoms with Crippen LogP contribution in [-0.2, 0) is 9.53 Å². The maximum absolute atomic E-state index is 11.4. The number of nitrogens with zero attached hydrogens (tertiary/aromatic N) is 2. The van der Waals surface area contributed by atoms with Crippen molar-refractivity contribution < 1.29 is 14.3 Å². The Morgan fingerprint density at radius 2 is 2.29 bits per heavy atom. The van der Waals surface area contributed by atoms with E-state index in [9.17, 15) is 9.59 Å². The maximum Gasteiger partial charge on any atom is 0.304 e. The van der Waals surface area contributed by atoms with Gasteiger partial charge in [-0.05, 0) is 6.07 Å². The number of ketones is 1. The second-order valence-electron chi connectivity index (χ2n) is 2.49. The van der Waals surface area contributed by atoms with E-state index >= 15 is 0 Å². The smallest absolute Gasteiger partial charge is 0.304 e. The molecule has 0 aliphatic rings. The van der Waals surface area contributed by atoms with Crippen molar-refractivity contribution in [3.8, 4) is 0 Å². The van der Waals surface area contributed by atoms with Gasteiger partial charge in [0.25, 0.3) is 0 Å². The van der Waals surface area contributed by atoms with E-state index in [0.717, 1.165) is 0 Å². The third kappa shape index (κ3) is 2.60. The highest BCUT2D eigenvalue weighted by Gasteiger charge is 2.19. The molecule has 1 aromatic heterocycles. The number of carbonyl (C=O) groups excluding carboxylic acids is 2. The summed E-state index contributed by atoms with van der Waals surface area (Å²) < 4.78 is 4.50. The van der Waals surface area contributed by atoms with E-state index in [4.69, 9.17) is 5.73 Å². The zero-order chi connectivity index (χ0) is 10.6. The lowest BCUT2D eigenvalue weighted by molar-refractivity contribution is -0.144. The first-order chi connectivity index (χ1) is 6.61. The number of nitrogens with two attached hydrogens (primary N) is 1. The summed E-state index contributed by atoms with van der Waals surface area (Å²) in [5.74, 6) is -1.16. The van der Waals surface area contributed by atoms with Crippen LogP contribution < -0.4 is 5.73 Å². The minimum Gasteiger partial charge on any atom is -0.439 e. The van der Waals surface area contributed by atoms with Crippen molar-refractivity contribution in [2.75, 3.05) is 0 Å². The monoisotopic (exact) mass is 195 g/mol. The van der Waals surface area contributed by atoms with Gasteiger partial charge in [-0.3, -0.25) is 15.3 Å². The lowest BCUT2D eigenvalue weighted by Crippen LogP contribution is -2.35. The Hall–Kier alpha value is -1.82. The van der Waals surface area contributed by atoms with Crippen LogP contribution in [0.1, 0.15) is 17.4 Å². The number of hydrogen-bond acceptors (Lipinski definition) is 6. The average molecular weight is 195 g/mol. The van der Waals surface area contributed by atoms with Crippen molar-refractivity contribution in [1.29, 1.82) is 0 Å². The number of esters is 1. The largest absolute Gasteiger partial charge is 0.439 e. The molecular formula is C8H9N3O3. The van der Waals surface area contributed by atoms with Crippen molar-refractivity contribution in [3.05, 3.63) is 24.3 Å². The first-order valence-electron chi connectivity index (χ1n) is 3.84. The first-order valence-corrected chi connectivity index (χ1v) is 3.84. The second-order valence-corrected chi connectivity index (χ2v) is 2.49. The zero-order valence-electron chi connectivity index (χ0n) is 7.51. The van der Waals surface area contributed by atoms with Crippen LogP contribution in [0.3, 0.4) is 0 Å². The number of rotatable bonds is 3. The van der Waals surface area contributed by atoms with Crippen LogP contribution in [0.5, 0.6) is 0 Å². The number of hydrogen-bond donors (Lipinski definition) is 1. The van der Waals surface area contributed by atoms with Crippen molar-refractivity contribution in [2.24, 2.45) is 5.73 Å². The molecule has 14 heavy (non-hydrogen) atoms. The summed E-state index contributed by atoms with van der Waals surface area (Å²) in [6.07, 6.45) is 1.32. The molecule has 2 N–H and O–H groups in total. The number of Topliss-reactive ketones (excluding diaryl/α,β-unsaturated/α-hetero) is 1. The topological polar surface area (TPSA) is 95.2 Å². The number of ether oxygens (including phenoxy) is 1. The van der Waals surface area contributed by atoms with Crippen LogP contribution in [0.4, 0.5) is 0 Å². The molecule has 1 aromatic rings. The van der Waals surface area contributed by atoms with Gasteiger partial charge in [0.05, 0.1) is 0 Å². The van der Waals surface area contributed by atoms with Gasteiger partial charge in [-0.2, -0.15) is 0 Å². The van der Waals surface area contributed by atoms with Gasteiger partial charge in [-0.25, -0.2) is 9.97 Å². The van der Waals surface area contributed by atoms with Gasteiger partial charge in [-0.15, -0.1) is 0 Å². The SMILES string of the molecule is CC(=O)OC(N)C(=O)c1ccncn1. The molecule has 1 rings (SSSR count). The van der Waals surface area contributed by atoms with Crippen molar-refractivity contribution in [1.82, 2.24) is 9.97 Å². The molecule has 1 unspecified atom stereocenters. The Labute approximate surface area is 80.1 Å². The molecule has 6 nitrogen and oxygen atoms in total. The molecule has 0 spiro atoms. The fourth-order valence-corrected chi connectivity index (χ4v) is 0.815. The van der Waals surface area contributed by atoms with Gasteiger partial charge in [0.15, 0.2) is 0 Å². The van der Waals surface area contributed by atoms with Crippen LogP contribution in [0.15, 0.2) is 18.6 Å². The summed E-state index contributed by atoms with van der Waals surface area (Å²) in [4.78, 5) is 29.2. The normalized spacial score (nSPS) is 11.9. The molecule has 74 valence electrons. The first kappa shape index (κ1) is 10.3. The molecule has 0 aliphatic carbocycles. The Bertz CT molecular complexity index is 339. The summed E-state index contributed by atoms with van der Waals surface area (Å²) >= 11 is 0. The summed E-state index contributed by atoms with van der Waals surface area (Å²) in [6, 6.07) is 1.39. The third-order valence-electron chi connectivity index (χ3n) is 1.39. The average Bonchev–Trinajstić information content (AvgIpc) is 2.17. The molecule has 1 heterocycles. The van der Waals surface area contributed by atoms with E-state index in [1.54, 1.807) is 0 Å². The van der Waals surface area contributed by atoms with Crippen molar-refractivity contribution in [2.45, 2.75) is 13.2 Å². The van der Waals surface area contributed by atoms with Crippen LogP contribution >= 0.6 is 0 Å². The van der Waals surface area contributed by atoms with E-state index < -0.39 is 18.0 Å². The molecule has 1 atom stereocenters. The number of carbonyl (C=O) groups is 2. The Kier molecular flexibility index (Phi) is 3.24. The van der Waals surface area contributed by atoms with Gasteiger partial charge in [0.2, 0.25) is 12.0 Å². The van der Waals surface area contributed by atoms with Gasteiger partial charge in [-0.1, -0.05) is 0 Å². The van der Waals surface area contributed by atoms with Gasteiger partial charge >= 0.3 is 5.97 Å². The standard InChI is InChI=1S/C8H9N3O3/c1-5(12)14-8(9)7(13)6-2-3-10-4-11-6/h2-4,8H,9H2,1H3. The Morgan fingerprint density at radius 3 is 2.79 bits per heavy atom. The zero-order valence-corrected chi connectivity index (χ0v) is 7.51. The van der Waals surface area contributed by atoms with Crippen LogP contribution in [0.2, 0.25) is 0 Å². The lowest BCUT2D eigenvalue weighted by Gasteiger charge is -2.08. The second kappa shape index (κ2) is 4.43. The summed E-state index contributed by atoms with van der Waals surface area (Å²) in [5, 5.41) is 0. The van der Waals surface area contributed by atoms with E-state index in [2.05, 4.69) is 14.7 Å². The minimum atomic E-state index is -1.30. The van der Waals surface area contributed by atoms with Gasteiger partial charge in [0.1, 0.15) is 12.0 Å². The number of aromatic nitrogens is 2. The highest BCUT2D eigenvalue weighted by Crippen LogP contribution is 1.98. The molecule has 0 aliphatic heterocycles. The highest BCUT2D eigenvalue weighted by molar-refractivity contribution is 5.98. The molecule has 0 saturated heterocycles. The predicted octanol–water partition coefficient (Wildman–Crippen LogP) is -0.493. The van der Waals surface area contributed by atoms with E-state index in [1.807, 2.05) is 0 Å². The van der Waals surface area contributed by atoms with Crippen molar-refractivity contribution >= 4 is 11.8 Å². The van der Waals surface area contributed by atoms with Gasteiger partial charge < -0.3 is 4.74 Å². The quantitative estimate of drug-likeness (QED) is 0.397. The molecule has 0 amide bonds. The summed E-state index contributed by atoms with van der Waals surface area (Å²) in [5.41, 5.74) is 5.42. The Morgan fingerprint density at radius 1 is 1.57 bits per heavy atom. The molecule has 6 heteroatoms. The maximum atomic E-state index is 11.4. The predicted molar refractivity (Wildman–Crippen MR) is 46.1 cm³/mol. The van der Waals surface area contributed by atoms with Crippen LogP contribution in [0, 0.1) is 0 Å². The fourth-order valence-electron chi connectivity index (χ4n) is 0.815. The van der Waals surface area contributed by atoms with Crippen LogP contribution in [-0.4, -0.2) is 27.9 Å². The summed E-state index contributed by atoms with van der Waals surface area (Å²) in [6.45, 7) is 1.17. The molecule has 0 radical (unpaired) electrons. The van der Waals surface area contributed by atoms with E-state index in [-0.39, 0.29) is 5.69 Å². The van der Waals surface area contributed by atoms with E-state index in [1.165, 1.54) is 25.5 Å². The van der Waals surface area contributed by atoms with Crippen LogP contribution in [0.25, 0.3) is 0 Å². The van der Waals surface area contributed by atoms with Gasteiger partial charge in [0, 0.05) is 13.1 Å². The minimum absolute atomic E-state index is 0.119. The molecular weight excluding hydrogens is 186 g/mol. The van der Waals surface area contributed by atoms with Crippen molar-refractivity contribution in [3.63, 3.8) is 0 Å². The molecule has 0 saturated carbocycles. The lowest BCUT2D eigenvalue weighted by atomic mass is 10.2. The highest BCUT2D eigenvalue weighted by atomic mass is 16.6. The third-order valence-corrected chi connectivity index (χ3v) is 1.39. The van der Waals surface area contributed by atoms with E-state index in [0.29, 0.717) is 0 Å².